The maximum Gasteiger partial charge on any atom is 0.416 e. The molecule has 0 atom stereocenters. The third-order valence-corrected chi connectivity index (χ3v) is 3.45. The lowest BCUT2D eigenvalue weighted by Crippen LogP contribution is -2.29. The molecule has 0 radical (unpaired) electrons. The predicted octanol–water partition coefficient (Wildman–Crippen LogP) is 4.32. The van der Waals surface area contributed by atoms with E-state index in [0.29, 0.717) is 12.1 Å². The van der Waals surface area contributed by atoms with Gasteiger partial charge in [0.05, 0.1) is 17.5 Å². The molecule has 1 aromatic heterocycles. The lowest BCUT2D eigenvalue weighted by molar-refractivity contribution is -0.143. The van der Waals surface area contributed by atoms with Crippen LogP contribution in [0.5, 0.6) is 0 Å². The highest BCUT2D eigenvalue weighted by molar-refractivity contribution is 5.93. The number of nitrogens with zero attached hydrogens (tertiary/aromatic N) is 2. The second-order valence-corrected chi connectivity index (χ2v) is 5.18. The SMILES string of the molecule is CN(C(=O)Cc1ccc(C(F)(F)F)cc1C(F)(F)F)c1ccccn1. The van der Waals surface area contributed by atoms with Gasteiger partial charge in [-0.05, 0) is 29.8 Å². The van der Waals surface area contributed by atoms with Gasteiger partial charge >= 0.3 is 12.4 Å². The zero-order valence-corrected chi connectivity index (χ0v) is 12.8. The van der Waals surface area contributed by atoms with E-state index in [1.165, 1.54) is 19.3 Å². The van der Waals surface area contributed by atoms with E-state index in [-0.39, 0.29) is 11.9 Å². The Morgan fingerprint density at radius 3 is 2.24 bits per heavy atom. The Morgan fingerprint density at radius 2 is 1.72 bits per heavy atom. The van der Waals surface area contributed by atoms with Gasteiger partial charge in [0.25, 0.3) is 0 Å². The fourth-order valence-corrected chi connectivity index (χ4v) is 2.13. The number of carbonyl (C=O) groups excluding carboxylic acids is 1. The third kappa shape index (κ3) is 4.49. The monoisotopic (exact) mass is 362 g/mol. The van der Waals surface area contributed by atoms with Crippen molar-refractivity contribution in [1.29, 1.82) is 0 Å². The van der Waals surface area contributed by atoms with Crippen LogP contribution in [0.15, 0.2) is 42.6 Å². The van der Waals surface area contributed by atoms with Crippen LogP contribution in [0.3, 0.4) is 0 Å². The van der Waals surface area contributed by atoms with Crippen molar-refractivity contribution in [3.8, 4) is 0 Å². The standard InChI is InChI=1S/C16H12F6N2O/c1-24(13-4-2-3-7-23-13)14(25)8-10-5-6-11(15(17,18)19)9-12(10)16(20,21)22/h2-7,9H,8H2,1H3. The molecule has 0 aliphatic heterocycles. The molecule has 3 nitrogen and oxygen atoms in total. The molecule has 0 saturated heterocycles. The van der Waals surface area contributed by atoms with Gasteiger partial charge in [-0.3, -0.25) is 9.69 Å². The molecule has 0 N–H and O–H groups in total. The van der Waals surface area contributed by atoms with E-state index < -0.39 is 41.4 Å². The number of amides is 1. The highest BCUT2D eigenvalue weighted by atomic mass is 19.4. The minimum absolute atomic E-state index is 0.0172. The van der Waals surface area contributed by atoms with Gasteiger partial charge in [-0.15, -0.1) is 0 Å². The Bertz CT molecular complexity index is 755. The fourth-order valence-electron chi connectivity index (χ4n) is 2.13. The van der Waals surface area contributed by atoms with E-state index >= 15 is 0 Å². The first-order valence-electron chi connectivity index (χ1n) is 6.95. The number of rotatable bonds is 3. The van der Waals surface area contributed by atoms with Gasteiger partial charge in [0.1, 0.15) is 5.82 Å². The van der Waals surface area contributed by atoms with Crippen LogP contribution in [0.4, 0.5) is 32.2 Å². The van der Waals surface area contributed by atoms with Crippen LogP contribution in [-0.4, -0.2) is 17.9 Å². The zero-order chi connectivity index (χ0) is 18.8. The van der Waals surface area contributed by atoms with E-state index in [1.807, 2.05) is 0 Å². The highest BCUT2D eigenvalue weighted by Crippen LogP contribution is 2.37. The van der Waals surface area contributed by atoms with E-state index in [4.69, 9.17) is 0 Å². The number of hydrogen-bond donors (Lipinski definition) is 0. The van der Waals surface area contributed by atoms with Crippen LogP contribution >= 0.6 is 0 Å². The predicted molar refractivity (Wildman–Crippen MR) is 77.8 cm³/mol. The van der Waals surface area contributed by atoms with E-state index in [9.17, 15) is 31.1 Å². The van der Waals surface area contributed by atoms with Gasteiger partial charge < -0.3 is 0 Å². The summed E-state index contributed by atoms with van der Waals surface area (Å²) in [5.74, 6) is -0.517. The first kappa shape index (κ1) is 18.8. The molecule has 0 unspecified atom stereocenters. The lowest BCUT2D eigenvalue weighted by Gasteiger charge is -2.19. The van der Waals surface area contributed by atoms with Crippen LogP contribution < -0.4 is 4.90 Å². The molecule has 2 rings (SSSR count). The Morgan fingerprint density at radius 1 is 1.04 bits per heavy atom. The molecule has 0 spiro atoms. The van der Waals surface area contributed by atoms with E-state index in [0.717, 1.165) is 4.90 Å². The number of aromatic nitrogens is 1. The molecular weight excluding hydrogens is 350 g/mol. The molecule has 2 aromatic rings. The van der Waals surface area contributed by atoms with Crippen molar-refractivity contribution in [2.45, 2.75) is 18.8 Å². The number of halogens is 6. The van der Waals surface area contributed by atoms with Crippen molar-refractivity contribution in [3.63, 3.8) is 0 Å². The number of carbonyl (C=O) groups is 1. The molecule has 9 heteroatoms. The molecular formula is C16H12F6N2O. The Balaban J connectivity index is 2.34. The van der Waals surface area contributed by atoms with Gasteiger partial charge in [-0.2, -0.15) is 26.3 Å². The van der Waals surface area contributed by atoms with Gasteiger partial charge in [0.2, 0.25) is 5.91 Å². The quantitative estimate of drug-likeness (QED) is 0.762. The number of hydrogen-bond acceptors (Lipinski definition) is 2. The molecule has 1 heterocycles. The average molecular weight is 362 g/mol. The minimum atomic E-state index is -5.01. The van der Waals surface area contributed by atoms with Crippen LogP contribution in [0.1, 0.15) is 16.7 Å². The largest absolute Gasteiger partial charge is 0.416 e. The van der Waals surface area contributed by atoms with Crippen molar-refractivity contribution in [2.24, 2.45) is 0 Å². The van der Waals surface area contributed by atoms with Crippen LogP contribution in [0.2, 0.25) is 0 Å². The Hall–Kier alpha value is -2.58. The maximum absolute atomic E-state index is 13.1. The smallest absolute Gasteiger partial charge is 0.300 e. The van der Waals surface area contributed by atoms with Gasteiger partial charge in [0.15, 0.2) is 0 Å². The summed E-state index contributed by atoms with van der Waals surface area (Å²) in [4.78, 5) is 17.1. The number of pyridine rings is 1. The molecule has 0 saturated carbocycles. The number of benzene rings is 1. The minimum Gasteiger partial charge on any atom is -0.300 e. The van der Waals surface area contributed by atoms with Crippen LogP contribution in [0, 0.1) is 0 Å². The molecule has 0 aliphatic carbocycles. The summed E-state index contributed by atoms with van der Waals surface area (Å²) in [5, 5.41) is 0. The summed E-state index contributed by atoms with van der Waals surface area (Å²) < 4.78 is 77.2. The van der Waals surface area contributed by atoms with Crippen molar-refractivity contribution in [1.82, 2.24) is 4.98 Å². The summed E-state index contributed by atoms with van der Waals surface area (Å²) in [7, 11) is 1.32. The molecule has 1 amide bonds. The summed E-state index contributed by atoms with van der Waals surface area (Å²) in [5.41, 5.74) is -3.44. The molecule has 134 valence electrons. The maximum atomic E-state index is 13.1. The molecule has 0 bridgehead atoms. The average Bonchev–Trinajstić information content (AvgIpc) is 2.53. The summed E-state index contributed by atoms with van der Waals surface area (Å²) in [6, 6.07) is 5.89. The second-order valence-electron chi connectivity index (χ2n) is 5.18. The third-order valence-electron chi connectivity index (χ3n) is 3.45. The number of anilines is 1. The first-order valence-corrected chi connectivity index (χ1v) is 6.95. The van der Waals surface area contributed by atoms with E-state index in [1.54, 1.807) is 12.1 Å². The van der Waals surface area contributed by atoms with Gasteiger partial charge in [-0.25, -0.2) is 4.98 Å². The fraction of sp³-hybridized carbons (Fsp3) is 0.250. The molecule has 1 aromatic carbocycles. The van der Waals surface area contributed by atoms with Crippen LogP contribution in [0.25, 0.3) is 0 Å². The van der Waals surface area contributed by atoms with Gasteiger partial charge in [0, 0.05) is 13.2 Å². The first-order chi connectivity index (χ1) is 11.5. The van der Waals surface area contributed by atoms with Crippen molar-refractivity contribution < 1.29 is 31.1 Å². The zero-order valence-electron chi connectivity index (χ0n) is 12.8. The molecule has 25 heavy (non-hydrogen) atoms. The Kier molecular flexibility index (Phi) is 5.05. The lowest BCUT2D eigenvalue weighted by atomic mass is 10.00. The van der Waals surface area contributed by atoms with Crippen molar-refractivity contribution in [3.05, 3.63) is 59.3 Å². The summed E-state index contributed by atoms with van der Waals surface area (Å²) >= 11 is 0. The van der Waals surface area contributed by atoms with Crippen molar-refractivity contribution in [2.75, 3.05) is 11.9 Å². The molecule has 0 aliphatic rings. The Labute approximate surface area is 138 Å². The number of alkyl halides is 6. The number of likely N-dealkylation sites (N-methyl/N-ethyl adjacent to an activating group) is 1. The van der Waals surface area contributed by atoms with Crippen molar-refractivity contribution >= 4 is 11.7 Å². The van der Waals surface area contributed by atoms with Crippen LogP contribution in [-0.2, 0) is 23.6 Å². The normalized spacial score (nSPS) is 12.1. The summed E-state index contributed by atoms with van der Waals surface area (Å²) in [6.45, 7) is 0. The van der Waals surface area contributed by atoms with Gasteiger partial charge in [-0.1, -0.05) is 12.1 Å². The highest BCUT2D eigenvalue weighted by Gasteiger charge is 2.38. The second kappa shape index (κ2) is 6.73. The topological polar surface area (TPSA) is 33.2 Å². The van der Waals surface area contributed by atoms with E-state index in [2.05, 4.69) is 4.98 Å². The molecule has 0 fully saturated rings. The summed E-state index contributed by atoms with van der Waals surface area (Å²) in [6.07, 6.45) is -9.23.